The zero-order valence-corrected chi connectivity index (χ0v) is 16.2. The van der Waals surface area contributed by atoms with E-state index in [9.17, 15) is 0 Å². The Kier molecular flexibility index (Phi) is 4.50. The summed E-state index contributed by atoms with van der Waals surface area (Å²) in [5.41, 5.74) is 5.13. The molecule has 5 nitrogen and oxygen atoms in total. The van der Waals surface area contributed by atoms with E-state index in [0.29, 0.717) is 17.4 Å². The van der Waals surface area contributed by atoms with E-state index >= 15 is 0 Å². The minimum Gasteiger partial charge on any atom is -0.259 e. The molecule has 2 aromatic carbocycles. The van der Waals surface area contributed by atoms with Crippen LogP contribution in [0.5, 0.6) is 0 Å². The summed E-state index contributed by atoms with van der Waals surface area (Å²) in [5.74, 6) is 0.518. The summed E-state index contributed by atoms with van der Waals surface area (Å²) in [6.07, 6.45) is 1.77. The number of fused-ring (bicyclic) bond motifs is 1. The fraction of sp³-hybridized carbons (Fsp3) is 0.0435. The lowest BCUT2D eigenvalue weighted by molar-refractivity contribution is 0.658. The van der Waals surface area contributed by atoms with Crippen LogP contribution in [-0.4, -0.2) is 25.0 Å². The predicted octanol–water partition coefficient (Wildman–Crippen LogP) is 5.21. The average Bonchev–Trinajstić information content (AvgIpc) is 3.20. The third-order valence-corrected chi connectivity index (χ3v) is 5.11. The number of pyridine rings is 1. The van der Waals surface area contributed by atoms with Crippen molar-refractivity contribution in [3.8, 4) is 33.9 Å². The molecule has 0 spiro atoms. The summed E-state index contributed by atoms with van der Waals surface area (Å²) in [7, 11) is 0. The SMILES string of the molecule is Clc1c2c(-c3ccccc3)nnc-2nn(Cc2ccccn2)c1-c1ccccc1. The first-order valence-electron chi connectivity index (χ1n) is 9.25. The summed E-state index contributed by atoms with van der Waals surface area (Å²) in [5, 5.41) is 14.0. The molecule has 1 aromatic heterocycles. The lowest BCUT2D eigenvalue weighted by atomic mass is 10.0. The van der Waals surface area contributed by atoms with Gasteiger partial charge >= 0.3 is 0 Å². The lowest BCUT2D eigenvalue weighted by Crippen LogP contribution is -2.12. The van der Waals surface area contributed by atoms with Gasteiger partial charge in [-0.2, -0.15) is 0 Å². The average molecular weight is 398 g/mol. The number of aromatic nitrogens is 5. The first-order valence-corrected chi connectivity index (χ1v) is 9.62. The maximum Gasteiger partial charge on any atom is 0.205 e. The Bertz CT molecular complexity index is 1220. The second-order valence-electron chi connectivity index (χ2n) is 6.62. The van der Waals surface area contributed by atoms with Gasteiger partial charge in [0.25, 0.3) is 0 Å². The van der Waals surface area contributed by atoms with Crippen LogP contribution in [0.3, 0.4) is 0 Å². The Labute approximate surface area is 173 Å². The Morgan fingerprint density at radius 1 is 0.759 bits per heavy atom. The summed E-state index contributed by atoms with van der Waals surface area (Å²) in [6, 6.07) is 25.7. The molecule has 0 unspecified atom stereocenters. The summed E-state index contributed by atoms with van der Waals surface area (Å²) in [6.45, 7) is 0.480. The molecule has 0 bridgehead atoms. The molecule has 0 saturated carbocycles. The predicted molar refractivity (Wildman–Crippen MR) is 114 cm³/mol. The largest absolute Gasteiger partial charge is 0.259 e. The van der Waals surface area contributed by atoms with Crippen LogP contribution in [0.15, 0.2) is 85.1 Å². The standard InChI is InChI=1S/C23H16ClN5/c24-20-19-21(16-9-3-1-4-10-16)26-27-23(19)28-29(15-18-13-7-8-14-25-18)22(20)17-11-5-2-6-12-17/h1-14H,15H2. The van der Waals surface area contributed by atoms with E-state index in [1.807, 2.05) is 83.5 Å². The van der Waals surface area contributed by atoms with Crippen molar-refractivity contribution in [2.45, 2.75) is 6.54 Å². The van der Waals surface area contributed by atoms with Crippen LogP contribution in [0.2, 0.25) is 5.02 Å². The van der Waals surface area contributed by atoms with Crippen LogP contribution in [-0.2, 0) is 6.54 Å². The second-order valence-corrected chi connectivity index (χ2v) is 7.00. The van der Waals surface area contributed by atoms with Crippen molar-refractivity contribution < 1.29 is 0 Å². The van der Waals surface area contributed by atoms with Crippen molar-refractivity contribution in [3.63, 3.8) is 0 Å². The van der Waals surface area contributed by atoms with Crippen molar-refractivity contribution in [3.05, 3.63) is 95.8 Å². The molecule has 2 aliphatic rings. The molecule has 0 aliphatic carbocycles. The molecule has 2 aliphatic heterocycles. The van der Waals surface area contributed by atoms with E-state index in [4.69, 9.17) is 16.7 Å². The number of nitrogens with zero attached hydrogens (tertiary/aromatic N) is 5. The highest BCUT2D eigenvalue weighted by molar-refractivity contribution is 6.36. The Morgan fingerprint density at radius 2 is 1.45 bits per heavy atom. The van der Waals surface area contributed by atoms with Gasteiger partial charge in [0.2, 0.25) is 5.82 Å². The molecule has 140 valence electrons. The van der Waals surface area contributed by atoms with Crippen LogP contribution in [0.1, 0.15) is 5.69 Å². The van der Waals surface area contributed by atoms with Crippen LogP contribution >= 0.6 is 11.6 Å². The van der Waals surface area contributed by atoms with Crippen LogP contribution in [0.4, 0.5) is 0 Å². The summed E-state index contributed by atoms with van der Waals surface area (Å²) >= 11 is 6.98. The second kappa shape index (κ2) is 7.45. The van der Waals surface area contributed by atoms with Crippen LogP contribution in [0.25, 0.3) is 33.9 Å². The fourth-order valence-electron chi connectivity index (χ4n) is 3.40. The Hall–Kier alpha value is -3.57. The molecular formula is C23H16ClN5. The summed E-state index contributed by atoms with van der Waals surface area (Å²) < 4.78 is 1.85. The van der Waals surface area contributed by atoms with Gasteiger partial charge in [0.1, 0.15) is 5.69 Å². The molecule has 0 atom stereocenters. The first kappa shape index (κ1) is 17.5. The normalized spacial score (nSPS) is 11.1. The maximum atomic E-state index is 6.98. The van der Waals surface area contributed by atoms with Gasteiger partial charge in [-0.1, -0.05) is 78.3 Å². The third-order valence-electron chi connectivity index (χ3n) is 4.74. The zero-order chi connectivity index (χ0) is 19.6. The molecule has 3 heterocycles. The molecule has 6 heteroatoms. The van der Waals surface area contributed by atoms with Gasteiger partial charge in [-0.05, 0) is 12.1 Å². The molecule has 3 aromatic rings. The van der Waals surface area contributed by atoms with Crippen molar-refractivity contribution in [2.24, 2.45) is 0 Å². The molecule has 0 amide bonds. The van der Waals surface area contributed by atoms with E-state index in [1.54, 1.807) is 6.20 Å². The Morgan fingerprint density at radius 3 is 2.14 bits per heavy atom. The van der Waals surface area contributed by atoms with Crippen LogP contribution in [0, 0.1) is 0 Å². The van der Waals surface area contributed by atoms with Crippen LogP contribution < -0.4 is 0 Å². The molecule has 0 fully saturated rings. The minimum atomic E-state index is 0.480. The lowest BCUT2D eigenvalue weighted by Gasteiger charge is -2.17. The van der Waals surface area contributed by atoms with E-state index in [-0.39, 0.29) is 0 Å². The fourth-order valence-corrected chi connectivity index (χ4v) is 3.78. The van der Waals surface area contributed by atoms with Gasteiger partial charge in [-0.3, -0.25) is 9.67 Å². The maximum absolute atomic E-state index is 6.98. The highest BCUT2D eigenvalue weighted by Crippen LogP contribution is 2.41. The van der Waals surface area contributed by atoms with Crippen molar-refractivity contribution in [2.75, 3.05) is 0 Å². The van der Waals surface area contributed by atoms with Gasteiger partial charge < -0.3 is 0 Å². The quantitative estimate of drug-likeness (QED) is 0.417. The molecule has 5 rings (SSSR count). The van der Waals surface area contributed by atoms with Crippen molar-refractivity contribution >= 4 is 11.6 Å². The van der Waals surface area contributed by atoms with Gasteiger partial charge in [0.05, 0.1) is 28.5 Å². The zero-order valence-electron chi connectivity index (χ0n) is 15.4. The van der Waals surface area contributed by atoms with Gasteiger partial charge in [0, 0.05) is 17.3 Å². The number of hydrogen-bond acceptors (Lipinski definition) is 4. The van der Waals surface area contributed by atoms with Gasteiger partial charge in [-0.25, -0.2) is 0 Å². The van der Waals surface area contributed by atoms with Gasteiger partial charge in [0.15, 0.2) is 0 Å². The number of benzene rings is 2. The smallest absolute Gasteiger partial charge is 0.205 e. The number of hydrogen-bond donors (Lipinski definition) is 0. The molecule has 29 heavy (non-hydrogen) atoms. The van der Waals surface area contributed by atoms with E-state index < -0.39 is 0 Å². The highest BCUT2D eigenvalue weighted by atomic mass is 35.5. The molecule has 0 saturated heterocycles. The third kappa shape index (κ3) is 3.26. The van der Waals surface area contributed by atoms with Crippen molar-refractivity contribution in [1.29, 1.82) is 0 Å². The van der Waals surface area contributed by atoms with E-state index in [2.05, 4.69) is 15.2 Å². The topological polar surface area (TPSA) is 56.5 Å². The first-order chi connectivity index (χ1) is 14.3. The van der Waals surface area contributed by atoms with Crippen molar-refractivity contribution in [1.82, 2.24) is 25.0 Å². The van der Waals surface area contributed by atoms with Gasteiger partial charge in [-0.15, -0.1) is 15.3 Å². The van der Waals surface area contributed by atoms with E-state index in [1.165, 1.54) is 0 Å². The molecule has 0 N–H and O–H groups in total. The highest BCUT2D eigenvalue weighted by Gasteiger charge is 2.25. The monoisotopic (exact) mass is 397 g/mol. The minimum absolute atomic E-state index is 0.480. The Balaban J connectivity index is 1.75. The summed E-state index contributed by atoms with van der Waals surface area (Å²) in [4.78, 5) is 4.43. The number of halogens is 1. The van der Waals surface area contributed by atoms with E-state index in [0.717, 1.165) is 33.8 Å². The number of rotatable bonds is 4. The molecule has 0 radical (unpaired) electrons. The molecular weight excluding hydrogens is 382 g/mol.